The SMILES string of the molecule is CCCc1ccc(O[C@@H]2OC(C)(C)[C@H](C)[C@@H](O)[C@H]2O)cc1-c1cccc(F)c1. The second-order valence-electron chi connectivity index (χ2n) is 8.06. The number of hydrogen-bond acceptors (Lipinski definition) is 4. The van der Waals surface area contributed by atoms with Gasteiger partial charge in [-0.15, -0.1) is 0 Å². The highest BCUT2D eigenvalue weighted by Gasteiger charge is 2.47. The Kier molecular flexibility index (Phi) is 6.08. The summed E-state index contributed by atoms with van der Waals surface area (Å²) in [6.45, 7) is 7.67. The highest BCUT2D eigenvalue weighted by Crippen LogP contribution is 2.36. The molecule has 28 heavy (non-hydrogen) atoms. The van der Waals surface area contributed by atoms with Crippen LogP contribution in [0, 0.1) is 11.7 Å². The number of aryl methyl sites for hydroxylation is 1. The van der Waals surface area contributed by atoms with Crippen molar-refractivity contribution >= 4 is 0 Å². The lowest BCUT2D eigenvalue weighted by Gasteiger charge is -2.46. The molecule has 2 N–H and O–H groups in total. The highest BCUT2D eigenvalue weighted by atomic mass is 19.1. The smallest absolute Gasteiger partial charge is 0.229 e. The molecule has 0 radical (unpaired) electrons. The van der Waals surface area contributed by atoms with Crippen molar-refractivity contribution in [2.75, 3.05) is 0 Å². The molecule has 1 heterocycles. The lowest BCUT2D eigenvalue weighted by molar-refractivity contribution is -0.284. The lowest BCUT2D eigenvalue weighted by Crippen LogP contribution is -2.59. The minimum atomic E-state index is -1.16. The topological polar surface area (TPSA) is 58.9 Å². The van der Waals surface area contributed by atoms with Crippen molar-refractivity contribution in [3.05, 3.63) is 53.8 Å². The van der Waals surface area contributed by atoms with Crippen LogP contribution in [0.3, 0.4) is 0 Å². The first-order valence-corrected chi connectivity index (χ1v) is 9.82. The van der Waals surface area contributed by atoms with Gasteiger partial charge >= 0.3 is 0 Å². The molecule has 0 bridgehead atoms. The molecule has 1 aliphatic heterocycles. The van der Waals surface area contributed by atoms with Crippen molar-refractivity contribution in [1.29, 1.82) is 0 Å². The molecule has 0 aromatic heterocycles. The van der Waals surface area contributed by atoms with Crippen molar-refractivity contribution in [1.82, 2.24) is 0 Å². The van der Waals surface area contributed by atoms with Crippen LogP contribution in [0.5, 0.6) is 5.75 Å². The molecule has 1 aliphatic rings. The highest BCUT2D eigenvalue weighted by molar-refractivity contribution is 5.69. The van der Waals surface area contributed by atoms with Crippen LogP contribution in [-0.4, -0.2) is 34.3 Å². The third kappa shape index (κ3) is 4.22. The van der Waals surface area contributed by atoms with Crippen LogP contribution in [0.4, 0.5) is 4.39 Å². The summed E-state index contributed by atoms with van der Waals surface area (Å²) in [5.74, 6) is -0.0333. The van der Waals surface area contributed by atoms with E-state index in [2.05, 4.69) is 6.92 Å². The van der Waals surface area contributed by atoms with E-state index >= 15 is 0 Å². The van der Waals surface area contributed by atoms with Crippen LogP contribution in [0.1, 0.15) is 39.7 Å². The molecule has 0 aliphatic carbocycles. The van der Waals surface area contributed by atoms with E-state index in [1.54, 1.807) is 6.07 Å². The average Bonchev–Trinajstić information content (AvgIpc) is 2.66. The Hall–Kier alpha value is -1.95. The van der Waals surface area contributed by atoms with Gasteiger partial charge in [-0.25, -0.2) is 4.39 Å². The Balaban J connectivity index is 1.92. The maximum Gasteiger partial charge on any atom is 0.229 e. The third-order valence-corrected chi connectivity index (χ3v) is 5.65. The number of halogens is 1. The van der Waals surface area contributed by atoms with Crippen molar-refractivity contribution < 1.29 is 24.1 Å². The fraction of sp³-hybridized carbons (Fsp3) is 0.478. The van der Waals surface area contributed by atoms with E-state index in [1.165, 1.54) is 12.1 Å². The van der Waals surface area contributed by atoms with Gasteiger partial charge in [0.05, 0.1) is 11.7 Å². The van der Waals surface area contributed by atoms with E-state index in [4.69, 9.17) is 9.47 Å². The molecule has 4 nitrogen and oxygen atoms in total. The van der Waals surface area contributed by atoms with Crippen molar-refractivity contribution in [3.8, 4) is 16.9 Å². The number of aliphatic hydroxyl groups is 2. The molecule has 2 aromatic carbocycles. The Morgan fingerprint density at radius 2 is 1.86 bits per heavy atom. The van der Waals surface area contributed by atoms with Gasteiger partial charge in [0, 0.05) is 5.92 Å². The van der Waals surface area contributed by atoms with Crippen LogP contribution in [0.25, 0.3) is 11.1 Å². The van der Waals surface area contributed by atoms with Gasteiger partial charge in [0.25, 0.3) is 0 Å². The molecule has 0 saturated carbocycles. The van der Waals surface area contributed by atoms with Crippen LogP contribution < -0.4 is 4.74 Å². The van der Waals surface area contributed by atoms with E-state index in [-0.39, 0.29) is 11.7 Å². The maximum atomic E-state index is 13.7. The quantitative estimate of drug-likeness (QED) is 0.801. The van der Waals surface area contributed by atoms with Gasteiger partial charge in [-0.3, -0.25) is 0 Å². The maximum absolute atomic E-state index is 13.7. The Labute approximate surface area is 165 Å². The fourth-order valence-corrected chi connectivity index (χ4v) is 3.61. The first-order valence-electron chi connectivity index (χ1n) is 9.82. The van der Waals surface area contributed by atoms with Gasteiger partial charge in [-0.05, 0) is 61.2 Å². The molecule has 2 aromatic rings. The predicted octanol–water partition coefficient (Wildman–Crippen LogP) is 4.32. The summed E-state index contributed by atoms with van der Waals surface area (Å²) < 4.78 is 25.6. The van der Waals surface area contributed by atoms with Crippen molar-refractivity contribution in [3.63, 3.8) is 0 Å². The largest absolute Gasteiger partial charge is 0.462 e. The van der Waals surface area contributed by atoms with E-state index in [1.807, 2.05) is 45.0 Å². The fourth-order valence-electron chi connectivity index (χ4n) is 3.61. The number of ether oxygens (including phenoxy) is 2. The second kappa shape index (κ2) is 8.19. The van der Waals surface area contributed by atoms with E-state index in [0.717, 1.165) is 29.5 Å². The summed E-state index contributed by atoms with van der Waals surface area (Å²) >= 11 is 0. The summed E-state index contributed by atoms with van der Waals surface area (Å²) in [5.41, 5.74) is 2.11. The summed E-state index contributed by atoms with van der Waals surface area (Å²) in [6, 6.07) is 12.1. The summed E-state index contributed by atoms with van der Waals surface area (Å²) in [7, 11) is 0. The predicted molar refractivity (Wildman–Crippen MR) is 107 cm³/mol. The Morgan fingerprint density at radius 3 is 2.54 bits per heavy atom. The van der Waals surface area contributed by atoms with Gasteiger partial charge < -0.3 is 19.7 Å². The normalized spacial score (nSPS) is 26.8. The van der Waals surface area contributed by atoms with E-state index < -0.39 is 24.1 Å². The molecule has 1 saturated heterocycles. The minimum absolute atomic E-state index is 0.239. The van der Waals surface area contributed by atoms with Gasteiger partial charge in [0.1, 0.15) is 17.7 Å². The Bertz CT molecular complexity index is 820. The van der Waals surface area contributed by atoms with E-state index in [9.17, 15) is 14.6 Å². The zero-order valence-electron chi connectivity index (χ0n) is 16.9. The molecule has 0 amide bonds. The van der Waals surface area contributed by atoms with Crippen LogP contribution in [0.2, 0.25) is 0 Å². The first kappa shape index (κ1) is 20.8. The van der Waals surface area contributed by atoms with Gasteiger partial charge in [-0.2, -0.15) is 0 Å². The summed E-state index contributed by atoms with van der Waals surface area (Å²) in [6.07, 6.45) is -1.27. The monoisotopic (exact) mass is 388 g/mol. The second-order valence-corrected chi connectivity index (χ2v) is 8.06. The summed E-state index contributed by atoms with van der Waals surface area (Å²) in [5, 5.41) is 20.8. The zero-order valence-corrected chi connectivity index (χ0v) is 16.9. The number of aliphatic hydroxyl groups excluding tert-OH is 2. The van der Waals surface area contributed by atoms with Crippen LogP contribution in [0.15, 0.2) is 42.5 Å². The Morgan fingerprint density at radius 1 is 1.11 bits per heavy atom. The zero-order chi connectivity index (χ0) is 20.5. The van der Waals surface area contributed by atoms with E-state index in [0.29, 0.717) is 5.75 Å². The average molecular weight is 388 g/mol. The molecule has 4 atom stereocenters. The minimum Gasteiger partial charge on any atom is -0.462 e. The molecule has 3 rings (SSSR count). The van der Waals surface area contributed by atoms with Crippen molar-refractivity contribution in [2.45, 2.75) is 64.6 Å². The third-order valence-electron chi connectivity index (χ3n) is 5.65. The molecular weight excluding hydrogens is 359 g/mol. The number of benzene rings is 2. The summed E-state index contributed by atoms with van der Waals surface area (Å²) in [4.78, 5) is 0. The van der Waals surface area contributed by atoms with Gasteiger partial charge in [-0.1, -0.05) is 38.5 Å². The van der Waals surface area contributed by atoms with Crippen LogP contribution >= 0.6 is 0 Å². The molecule has 152 valence electrons. The van der Waals surface area contributed by atoms with Crippen LogP contribution in [-0.2, 0) is 11.2 Å². The molecule has 0 unspecified atom stereocenters. The number of rotatable bonds is 5. The molecule has 1 fully saturated rings. The van der Waals surface area contributed by atoms with Crippen molar-refractivity contribution in [2.24, 2.45) is 5.92 Å². The number of hydrogen-bond donors (Lipinski definition) is 2. The van der Waals surface area contributed by atoms with Gasteiger partial charge in [0.2, 0.25) is 6.29 Å². The lowest BCUT2D eigenvalue weighted by atomic mass is 9.82. The molecule has 5 heteroatoms. The first-order chi connectivity index (χ1) is 13.2. The standard InChI is InChI=1S/C23H29FO4/c1-5-7-15-10-11-18(13-19(15)16-8-6-9-17(24)12-16)27-22-21(26)20(25)14(2)23(3,4)28-22/h6,8-14,20-22,25-26H,5,7H2,1-4H3/t14-,20-,21-,22-/m1/s1. The molecular formula is C23H29FO4. The van der Waals surface area contributed by atoms with Gasteiger partial charge in [0.15, 0.2) is 0 Å². The molecule has 0 spiro atoms.